The molecule has 0 aromatic heterocycles. The molecule has 0 bridgehead atoms. The summed E-state index contributed by atoms with van der Waals surface area (Å²) in [7, 11) is 0. The number of guanidine groups is 1. The van der Waals surface area contributed by atoms with Crippen molar-refractivity contribution in [2.45, 2.75) is 25.4 Å². The smallest absolute Gasteiger partial charge is 0.434 e. The predicted molar refractivity (Wildman–Crippen MR) is 118 cm³/mol. The van der Waals surface area contributed by atoms with E-state index < -0.39 is 18.1 Å². The van der Waals surface area contributed by atoms with Gasteiger partial charge in [0.25, 0.3) is 5.91 Å². The summed E-state index contributed by atoms with van der Waals surface area (Å²) in [6.07, 6.45) is -0.0762. The average Bonchev–Trinajstić information content (AvgIpc) is 3.19. The van der Waals surface area contributed by atoms with Gasteiger partial charge in [0.1, 0.15) is 6.04 Å². The zero-order valence-corrected chi connectivity index (χ0v) is 17.5. The van der Waals surface area contributed by atoms with E-state index in [0.29, 0.717) is 18.5 Å². The fourth-order valence-electron chi connectivity index (χ4n) is 3.47. The quantitative estimate of drug-likeness (QED) is 0.372. The Balaban J connectivity index is 1.94. The highest BCUT2D eigenvalue weighted by molar-refractivity contribution is 6.38. The molecule has 1 atom stereocenters. The Morgan fingerprint density at radius 3 is 2.43 bits per heavy atom. The first-order chi connectivity index (χ1) is 14.3. The van der Waals surface area contributed by atoms with Crippen molar-refractivity contribution in [2.24, 2.45) is 10.7 Å². The second kappa shape index (κ2) is 9.23. The largest absolute Gasteiger partial charge is 0.463 e. The maximum Gasteiger partial charge on any atom is 0.434 e. The molecular weight excluding hydrogens is 429 g/mol. The average molecular weight is 450 g/mol. The summed E-state index contributed by atoms with van der Waals surface area (Å²) in [5, 5.41) is 9.48. The van der Waals surface area contributed by atoms with Crippen LogP contribution in [0.5, 0.6) is 0 Å². The SMILES string of the molecule is NC(=NC(=O)O)N(Cc1cc(Cl)c(N)c(Cl)c1)C(=O)C1CCCN1c1ccccc1. The van der Waals surface area contributed by atoms with Crippen molar-refractivity contribution in [3.8, 4) is 0 Å². The van der Waals surface area contributed by atoms with Crippen LogP contribution in [-0.2, 0) is 11.3 Å². The molecule has 1 fully saturated rings. The Hall–Kier alpha value is -2.97. The third-order valence-electron chi connectivity index (χ3n) is 4.86. The molecule has 2 amide bonds. The molecule has 0 radical (unpaired) electrons. The van der Waals surface area contributed by atoms with Gasteiger partial charge in [0.15, 0.2) is 0 Å². The highest BCUT2D eigenvalue weighted by atomic mass is 35.5. The third kappa shape index (κ3) is 4.77. The van der Waals surface area contributed by atoms with Crippen LogP contribution in [0, 0.1) is 0 Å². The molecule has 1 aliphatic rings. The van der Waals surface area contributed by atoms with E-state index in [1.807, 2.05) is 35.2 Å². The Bertz CT molecular complexity index is 961. The topological polar surface area (TPSA) is 125 Å². The van der Waals surface area contributed by atoms with Crippen molar-refractivity contribution in [1.29, 1.82) is 0 Å². The minimum absolute atomic E-state index is 0.0553. The van der Waals surface area contributed by atoms with Crippen LogP contribution in [0.15, 0.2) is 47.5 Å². The molecule has 0 saturated carbocycles. The van der Waals surface area contributed by atoms with Crippen LogP contribution >= 0.6 is 23.2 Å². The summed E-state index contributed by atoms with van der Waals surface area (Å²) in [5.41, 5.74) is 13.3. The van der Waals surface area contributed by atoms with Gasteiger partial charge in [-0.2, -0.15) is 0 Å². The number of nitrogens with zero attached hydrogens (tertiary/aromatic N) is 3. The Morgan fingerprint density at radius 2 is 1.83 bits per heavy atom. The van der Waals surface area contributed by atoms with Gasteiger partial charge in [0.05, 0.1) is 22.3 Å². The van der Waals surface area contributed by atoms with Gasteiger partial charge in [-0.15, -0.1) is 4.99 Å². The van der Waals surface area contributed by atoms with Gasteiger partial charge in [-0.1, -0.05) is 41.4 Å². The van der Waals surface area contributed by atoms with Crippen molar-refractivity contribution < 1.29 is 14.7 Å². The number of anilines is 2. The van der Waals surface area contributed by atoms with Crippen LogP contribution in [0.4, 0.5) is 16.2 Å². The van der Waals surface area contributed by atoms with Gasteiger partial charge >= 0.3 is 6.09 Å². The van der Waals surface area contributed by atoms with E-state index in [0.717, 1.165) is 17.0 Å². The zero-order chi connectivity index (χ0) is 21.8. The number of amides is 2. The molecule has 1 unspecified atom stereocenters. The van der Waals surface area contributed by atoms with Gasteiger partial charge in [-0.25, -0.2) is 4.79 Å². The highest BCUT2D eigenvalue weighted by Gasteiger charge is 2.35. The first kappa shape index (κ1) is 21.7. The number of nitrogens with two attached hydrogens (primary N) is 2. The molecule has 8 nitrogen and oxygen atoms in total. The van der Waals surface area contributed by atoms with Crippen molar-refractivity contribution in [3.63, 3.8) is 0 Å². The van der Waals surface area contributed by atoms with Gasteiger partial charge in [0, 0.05) is 12.2 Å². The number of hydrogen-bond donors (Lipinski definition) is 3. The molecule has 3 rings (SSSR count). The molecule has 1 saturated heterocycles. The number of carboxylic acid groups (broad SMARTS) is 1. The number of benzene rings is 2. The summed E-state index contributed by atoms with van der Waals surface area (Å²) in [5.74, 6) is -0.778. The number of nitrogen functional groups attached to an aromatic ring is 1. The highest BCUT2D eigenvalue weighted by Crippen LogP contribution is 2.30. The molecule has 158 valence electrons. The summed E-state index contributed by atoms with van der Waals surface area (Å²) in [4.78, 5) is 31.0. The Labute approximate surface area is 183 Å². The number of para-hydroxylation sites is 1. The number of rotatable bonds is 4. The van der Waals surface area contributed by atoms with E-state index in [1.165, 1.54) is 0 Å². The van der Waals surface area contributed by atoms with Crippen LogP contribution in [-0.4, -0.2) is 40.6 Å². The molecule has 30 heavy (non-hydrogen) atoms. The number of aliphatic imine (C=N–C) groups is 1. The van der Waals surface area contributed by atoms with Gasteiger partial charge in [-0.3, -0.25) is 9.69 Å². The van der Waals surface area contributed by atoms with Crippen LogP contribution in [0.2, 0.25) is 10.0 Å². The molecule has 1 aliphatic heterocycles. The zero-order valence-electron chi connectivity index (χ0n) is 16.0. The van der Waals surface area contributed by atoms with E-state index in [-0.39, 0.29) is 28.2 Å². The third-order valence-corrected chi connectivity index (χ3v) is 5.48. The van der Waals surface area contributed by atoms with Crippen LogP contribution < -0.4 is 16.4 Å². The summed E-state index contributed by atoms with van der Waals surface area (Å²) in [6.45, 7) is 0.643. The molecule has 2 aromatic carbocycles. The summed E-state index contributed by atoms with van der Waals surface area (Å²) in [6, 6.07) is 12.1. The van der Waals surface area contributed by atoms with Crippen LogP contribution in [0.1, 0.15) is 18.4 Å². The first-order valence-corrected chi connectivity index (χ1v) is 9.97. The fraction of sp³-hybridized carbons (Fsp3) is 0.250. The van der Waals surface area contributed by atoms with E-state index in [9.17, 15) is 9.59 Å². The molecular formula is C20H21Cl2N5O3. The molecule has 2 aromatic rings. The van der Waals surface area contributed by atoms with E-state index in [2.05, 4.69) is 4.99 Å². The fourth-order valence-corrected chi connectivity index (χ4v) is 4.00. The Morgan fingerprint density at radius 1 is 1.20 bits per heavy atom. The normalized spacial score (nSPS) is 16.5. The second-order valence-corrected chi connectivity index (χ2v) is 7.65. The molecule has 5 N–H and O–H groups in total. The van der Waals surface area contributed by atoms with Crippen LogP contribution in [0.25, 0.3) is 0 Å². The van der Waals surface area contributed by atoms with E-state index in [1.54, 1.807) is 12.1 Å². The lowest BCUT2D eigenvalue weighted by atomic mass is 10.1. The first-order valence-electron chi connectivity index (χ1n) is 9.21. The van der Waals surface area contributed by atoms with Crippen molar-refractivity contribution in [2.75, 3.05) is 17.2 Å². The second-order valence-electron chi connectivity index (χ2n) is 6.84. The lowest BCUT2D eigenvalue weighted by Crippen LogP contribution is -2.50. The Kier molecular flexibility index (Phi) is 6.69. The maximum absolute atomic E-state index is 13.4. The predicted octanol–water partition coefficient (Wildman–Crippen LogP) is 3.57. The van der Waals surface area contributed by atoms with E-state index >= 15 is 0 Å². The molecule has 0 aliphatic carbocycles. The monoisotopic (exact) mass is 449 g/mol. The minimum Gasteiger partial charge on any atom is -0.463 e. The standard InChI is InChI=1S/C20H21Cl2N5O3/c21-14-9-12(10-15(22)17(14)23)11-27(19(24)25-20(29)30)18(28)16-7-4-8-26(16)13-5-2-1-3-6-13/h1-3,5-6,9-10,16H,4,7-8,11,23H2,(H2,24,25)(H,29,30). The summed E-state index contributed by atoms with van der Waals surface area (Å²) >= 11 is 12.2. The summed E-state index contributed by atoms with van der Waals surface area (Å²) < 4.78 is 0. The van der Waals surface area contributed by atoms with Gasteiger partial charge in [-0.05, 0) is 42.7 Å². The molecule has 1 heterocycles. The lowest BCUT2D eigenvalue weighted by Gasteiger charge is -2.31. The minimum atomic E-state index is -1.50. The van der Waals surface area contributed by atoms with Crippen molar-refractivity contribution in [3.05, 3.63) is 58.1 Å². The van der Waals surface area contributed by atoms with Gasteiger partial charge < -0.3 is 21.5 Å². The molecule has 0 spiro atoms. The number of hydrogen-bond acceptors (Lipinski definition) is 4. The maximum atomic E-state index is 13.4. The van der Waals surface area contributed by atoms with Crippen LogP contribution in [0.3, 0.4) is 0 Å². The lowest BCUT2D eigenvalue weighted by molar-refractivity contribution is -0.129. The van der Waals surface area contributed by atoms with E-state index in [4.69, 9.17) is 39.8 Å². The van der Waals surface area contributed by atoms with Crippen molar-refractivity contribution >= 4 is 52.5 Å². The number of carbonyl (C=O) groups excluding carboxylic acids is 1. The number of halogens is 2. The number of carbonyl (C=O) groups is 2. The van der Waals surface area contributed by atoms with Gasteiger partial charge in [0.2, 0.25) is 5.96 Å². The molecule has 10 heteroatoms. The van der Waals surface area contributed by atoms with Crippen molar-refractivity contribution in [1.82, 2.24) is 4.90 Å².